The normalized spacial score (nSPS) is 13.0. The van der Waals surface area contributed by atoms with Gasteiger partial charge in [0.1, 0.15) is 5.52 Å². The summed E-state index contributed by atoms with van der Waals surface area (Å²) < 4.78 is 5.49. The van der Waals surface area contributed by atoms with Gasteiger partial charge in [-0.05, 0) is 37.1 Å². The minimum atomic E-state index is -0.0405. The van der Waals surface area contributed by atoms with E-state index in [4.69, 9.17) is 14.6 Å². The third kappa shape index (κ3) is 3.76. The van der Waals surface area contributed by atoms with E-state index in [2.05, 4.69) is 10.3 Å². The second-order valence-electron chi connectivity index (χ2n) is 4.63. The highest BCUT2D eigenvalue weighted by atomic mass is 16.3. The van der Waals surface area contributed by atoms with E-state index in [-0.39, 0.29) is 19.3 Å². The van der Waals surface area contributed by atoms with Crippen molar-refractivity contribution in [2.45, 2.75) is 25.8 Å². The predicted octanol–water partition coefficient (Wildman–Crippen LogP) is 1.01. The molecule has 1 unspecified atom stereocenters. The SMILES string of the molecule is Cc1nc2ccc(CCNC(CO)CCO)cc2o1. The van der Waals surface area contributed by atoms with Crippen LogP contribution < -0.4 is 5.32 Å². The molecule has 0 radical (unpaired) electrons. The highest BCUT2D eigenvalue weighted by Gasteiger charge is 2.06. The number of aliphatic hydroxyl groups excluding tert-OH is 2. The van der Waals surface area contributed by atoms with Gasteiger partial charge in [0.15, 0.2) is 11.5 Å². The van der Waals surface area contributed by atoms with E-state index in [0.29, 0.717) is 12.3 Å². The monoisotopic (exact) mass is 264 g/mol. The number of aromatic nitrogens is 1. The number of fused-ring (bicyclic) bond motifs is 1. The zero-order valence-electron chi connectivity index (χ0n) is 11.1. The van der Waals surface area contributed by atoms with Gasteiger partial charge < -0.3 is 19.9 Å². The number of aryl methyl sites for hydroxylation is 1. The lowest BCUT2D eigenvalue weighted by molar-refractivity contribution is 0.201. The van der Waals surface area contributed by atoms with Gasteiger partial charge in [-0.3, -0.25) is 0 Å². The van der Waals surface area contributed by atoms with Gasteiger partial charge in [-0.25, -0.2) is 4.98 Å². The minimum absolute atomic E-state index is 0.0405. The van der Waals surface area contributed by atoms with Crippen LogP contribution in [0.5, 0.6) is 0 Å². The average Bonchev–Trinajstić information content (AvgIpc) is 2.77. The van der Waals surface area contributed by atoms with Crippen LogP contribution in [-0.2, 0) is 6.42 Å². The Bertz CT molecular complexity index is 524. The quantitative estimate of drug-likeness (QED) is 0.695. The molecule has 3 N–H and O–H groups in total. The van der Waals surface area contributed by atoms with Crippen molar-refractivity contribution in [3.63, 3.8) is 0 Å². The molecule has 1 aromatic heterocycles. The number of benzene rings is 1. The van der Waals surface area contributed by atoms with Crippen LogP contribution in [-0.4, -0.2) is 41.0 Å². The molecule has 0 fully saturated rings. The summed E-state index contributed by atoms with van der Waals surface area (Å²) in [5.41, 5.74) is 2.85. The van der Waals surface area contributed by atoms with Crippen LogP contribution in [0.15, 0.2) is 22.6 Å². The van der Waals surface area contributed by atoms with Crippen molar-refractivity contribution in [1.29, 1.82) is 0 Å². The molecule has 2 aromatic rings. The van der Waals surface area contributed by atoms with Crippen molar-refractivity contribution in [3.8, 4) is 0 Å². The molecule has 2 rings (SSSR count). The Hall–Kier alpha value is -1.43. The molecular formula is C14H20N2O3. The van der Waals surface area contributed by atoms with Crippen LogP contribution in [0.1, 0.15) is 17.9 Å². The number of hydrogen-bond donors (Lipinski definition) is 3. The molecule has 0 spiro atoms. The largest absolute Gasteiger partial charge is 0.441 e. The summed E-state index contributed by atoms with van der Waals surface area (Å²) in [5, 5.41) is 21.2. The first-order valence-corrected chi connectivity index (χ1v) is 6.54. The molecule has 1 heterocycles. The van der Waals surface area contributed by atoms with Crippen LogP contribution in [0, 0.1) is 6.92 Å². The number of hydrogen-bond acceptors (Lipinski definition) is 5. The molecule has 1 aromatic carbocycles. The van der Waals surface area contributed by atoms with E-state index < -0.39 is 0 Å². The molecule has 0 aliphatic rings. The fourth-order valence-corrected chi connectivity index (χ4v) is 2.07. The van der Waals surface area contributed by atoms with Gasteiger partial charge in [0.05, 0.1) is 6.61 Å². The Morgan fingerprint density at radius 1 is 1.37 bits per heavy atom. The molecule has 0 amide bonds. The zero-order chi connectivity index (χ0) is 13.7. The molecule has 104 valence electrons. The summed E-state index contributed by atoms with van der Waals surface area (Å²) in [7, 11) is 0. The summed E-state index contributed by atoms with van der Waals surface area (Å²) in [4.78, 5) is 4.26. The fourth-order valence-electron chi connectivity index (χ4n) is 2.07. The van der Waals surface area contributed by atoms with Gasteiger partial charge in [-0.15, -0.1) is 0 Å². The third-order valence-electron chi connectivity index (χ3n) is 3.10. The maximum absolute atomic E-state index is 9.10. The van der Waals surface area contributed by atoms with Crippen LogP contribution in [0.3, 0.4) is 0 Å². The first-order valence-electron chi connectivity index (χ1n) is 6.54. The molecule has 5 heteroatoms. The van der Waals surface area contributed by atoms with Gasteiger partial charge in [0, 0.05) is 19.6 Å². The second-order valence-corrected chi connectivity index (χ2v) is 4.63. The maximum Gasteiger partial charge on any atom is 0.192 e. The second kappa shape index (κ2) is 6.65. The Labute approximate surface area is 112 Å². The van der Waals surface area contributed by atoms with Crippen molar-refractivity contribution in [1.82, 2.24) is 10.3 Å². The summed E-state index contributed by atoms with van der Waals surface area (Å²) in [6.45, 7) is 2.72. The fraction of sp³-hybridized carbons (Fsp3) is 0.500. The molecular weight excluding hydrogens is 244 g/mol. The van der Waals surface area contributed by atoms with Crippen molar-refractivity contribution < 1.29 is 14.6 Å². The topological polar surface area (TPSA) is 78.5 Å². The molecule has 0 aliphatic heterocycles. The summed E-state index contributed by atoms with van der Waals surface area (Å²) in [6, 6.07) is 5.95. The number of oxazole rings is 1. The van der Waals surface area contributed by atoms with Crippen LogP contribution in [0.25, 0.3) is 11.1 Å². The molecule has 0 bridgehead atoms. The number of rotatable bonds is 7. The Morgan fingerprint density at radius 3 is 2.95 bits per heavy atom. The van der Waals surface area contributed by atoms with Gasteiger partial charge >= 0.3 is 0 Å². The number of aliphatic hydroxyl groups is 2. The van der Waals surface area contributed by atoms with E-state index in [1.165, 1.54) is 0 Å². The van der Waals surface area contributed by atoms with Gasteiger partial charge in [-0.2, -0.15) is 0 Å². The molecule has 5 nitrogen and oxygen atoms in total. The van der Waals surface area contributed by atoms with Crippen molar-refractivity contribution in [3.05, 3.63) is 29.7 Å². The van der Waals surface area contributed by atoms with Crippen molar-refractivity contribution >= 4 is 11.1 Å². The van der Waals surface area contributed by atoms with E-state index >= 15 is 0 Å². The molecule has 1 atom stereocenters. The lowest BCUT2D eigenvalue weighted by atomic mass is 10.1. The highest BCUT2D eigenvalue weighted by Crippen LogP contribution is 2.16. The van der Waals surface area contributed by atoms with Crippen LogP contribution in [0.2, 0.25) is 0 Å². The Morgan fingerprint density at radius 2 is 2.21 bits per heavy atom. The molecule has 0 saturated heterocycles. The smallest absolute Gasteiger partial charge is 0.192 e. The summed E-state index contributed by atoms with van der Waals surface area (Å²) in [5.74, 6) is 0.675. The third-order valence-corrected chi connectivity index (χ3v) is 3.10. The molecule has 19 heavy (non-hydrogen) atoms. The number of nitrogens with zero attached hydrogens (tertiary/aromatic N) is 1. The van der Waals surface area contributed by atoms with Crippen LogP contribution >= 0.6 is 0 Å². The van der Waals surface area contributed by atoms with Crippen molar-refractivity contribution in [2.24, 2.45) is 0 Å². The lowest BCUT2D eigenvalue weighted by Crippen LogP contribution is -2.34. The Kier molecular flexibility index (Phi) is 4.90. The molecule has 0 saturated carbocycles. The highest BCUT2D eigenvalue weighted by molar-refractivity contribution is 5.73. The van der Waals surface area contributed by atoms with Gasteiger partial charge in [0.2, 0.25) is 0 Å². The van der Waals surface area contributed by atoms with E-state index in [9.17, 15) is 0 Å². The lowest BCUT2D eigenvalue weighted by Gasteiger charge is -2.14. The van der Waals surface area contributed by atoms with E-state index in [1.54, 1.807) is 0 Å². The van der Waals surface area contributed by atoms with Crippen molar-refractivity contribution in [2.75, 3.05) is 19.8 Å². The van der Waals surface area contributed by atoms with E-state index in [0.717, 1.165) is 29.6 Å². The van der Waals surface area contributed by atoms with Crippen LogP contribution in [0.4, 0.5) is 0 Å². The Balaban J connectivity index is 1.90. The first kappa shape index (κ1) is 14.0. The molecule has 0 aliphatic carbocycles. The zero-order valence-corrected chi connectivity index (χ0v) is 11.1. The van der Waals surface area contributed by atoms with Gasteiger partial charge in [-0.1, -0.05) is 6.07 Å². The first-order chi connectivity index (χ1) is 9.22. The summed E-state index contributed by atoms with van der Waals surface area (Å²) >= 11 is 0. The minimum Gasteiger partial charge on any atom is -0.441 e. The predicted molar refractivity (Wildman–Crippen MR) is 73.0 cm³/mol. The van der Waals surface area contributed by atoms with E-state index in [1.807, 2.05) is 25.1 Å². The maximum atomic E-state index is 9.10. The standard InChI is InChI=1S/C14H20N2O3/c1-10-16-13-3-2-11(8-14(13)19-10)4-6-15-12(9-18)5-7-17/h2-3,8,12,15,17-18H,4-7,9H2,1H3. The number of nitrogens with one attached hydrogen (secondary N) is 1. The van der Waals surface area contributed by atoms with Gasteiger partial charge in [0.25, 0.3) is 0 Å². The summed E-state index contributed by atoms with van der Waals surface area (Å²) in [6.07, 6.45) is 1.41. The average molecular weight is 264 g/mol.